The van der Waals surface area contributed by atoms with Crippen LogP contribution in [0, 0.1) is 5.92 Å². The lowest BCUT2D eigenvalue weighted by Gasteiger charge is -2.28. The second-order valence-corrected chi connectivity index (χ2v) is 4.17. The SMILES string of the molecule is CC.CC(C)C1C(=O)OC(C)(C)N1C. The molecule has 1 aliphatic rings. The third kappa shape index (κ3) is 2.47. The van der Waals surface area contributed by atoms with Crippen LogP contribution in [0.3, 0.4) is 0 Å². The van der Waals surface area contributed by atoms with Crippen LogP contribution in [0.4, 0.5) is 0 Å². The molecule has 0 spiro atoms. The maximum Gasteiger partial charge on any atom is 0.325 e. The number of cyclic esters (lactones) is 1. The molecule has 0 saturated carbocycles. The highest BCUT2D eigenvalue weighted by atomic mass is 16.6. The van der Waals surface area contributed by atoms with Crippen LogP contribution < -0.4 is 0 Å². The van der Waals surface area contributed by atoms with Gasteiger partial charge in [0.1, 0.15) is 6.04 Å². The van der Waals surface area contributed by atoms with Gasteiger partial charge < -0.3 is 4.74 Å². The molecule has 0 bridgehead atoms. The van der Waals surface area contributed by atoms with Crippen molar-refractivity contribution < 1.29 is 9.53 Å². The van der Waals surface area contributed by atoms with Crippen LogP contribution >= 0.6 is 0 Å². The van der Waals surface area contributed by atoms with E-state index in [9.17, 15) is 4.79 Å². The van der Waals surface area contributed by atoms with Crippen LogP contribution in [0.2, 0.25) is 0 Å². The van der Waals surface area contributed by atoms with Crippen LogP contribution in [-0.4, -0.2) is 29.7 Å². The Hall–Kier alpha value is -0.570. The average Bonchev–Trinajstić information content (AvgIpc) is 2.25. The van der Waals surface area contributed by atoms with Gasteiger partial charge in [0, 0.05) is 0 Å². The van der Waals surface area contributed by atoms with Crippen LogP contribution in [0.5, 0.6) is 0 Å². The molecule has 1 aliphatic heterocycles. The van der Waals surface area contributed by atoms with E-state index < -0.39 is 5.72 Å². The van der Waals surface area contributed by atoms with Crippen LogP contribution in [0.1, 0.15) is 41.5 Å². The predicted molar refractivity (Wildman–Crippen MR) is 57.9 cm³/mol. The van der Waals surface area contributed by atoms with Gasteiger partial charge in [-0.25, -0.2) is 0 Å². The highest BCUT2D eigenvalue weighted by molar-refractivity contribution is 5.78. The van der Waals surface area contributed by atoms with E-state index in [1.165, 1.54) is 0 Å². The second kappa shape index (κ2) is 4.78. The van der Waals surface area contributed by atoms with E-state index in [0.29, 0.717) is 5.92 Å². The normalized spacial score (nSPS) is 25.7. The van der Waals surface area contributed by atoms with Crippen molar-refractivity contribution >= 4 is 5.97 Å². The van der Waals surface area contributed by atoms with E-state index in [0.717, 1.165) is 0 Å². The van der Waals surface area contributed by atoms with Gasteiger partial charge >= 0.3 is 5.97 Å². The molecule has 84 valence electrons. The molecule has 3 nitrogen and oxygen atoms in total. The smallest absolute Gasteiger partial charge is 0.325 e. The van der Waals surface area contributed by atoms with Crippen molar-refractivity contribution in [3.63, 3.8) is 0 Å². The van der Waals surface area contributed by atoms with Gasteiger partial charge in [0.05, 0.1) is 0 Å². The van der Waals surface area contributed by atoms with Crippen molar-refractivity contribution in [3.8, 4) is 0 Å². The van der Waals surface area contributed by atoms with E-state index in [-0.39, 0.29) is 12.0 Å². The summed E-state index contributed by atoms with van der Waals surface area (Å²) in [4.78, 5) is 13.4. The molecule has 1 fully saturated rings. The lowest BCUT2D eigenvalue weighted by Crippen LogP contribution is -2.43. The maximum absolute atomic E-state index is 11.4. The van der Waals surface area contributed by atoms with Crippen LogP contribution in [0.15, 0.2) is 0 Å². The van der Waals surface area contributed by atoms with Gasteiger partial charge in [-0.15, -0.1) is 0 Å². The summed E-state index contributed by atoms with van der Waals surface area (Å²) in [6.45, 7) is 11.9. The van der Waals surface area contributed by atoms with E-state index in [4.69, 9.17) is 4.74 Å². The number of carbonyl (C=O) groups is 1. The number of nitrogens with zero attached hydrogens (tertiary/aromatic N) is 1. The van der Waals surface area contributed by atoms with Gasteiger partial charge in [0.25, 0.3) is 0 Å². The van der Waals surface area contributed by atoms with E-state index in [1.807, 2.05) is 53.5 Å². The van der Waals surface area contributed by atoms with E-state index in [2.05, 4.69) is 0 Å². The zero-order valence-electron chi connectivity index (χ0n) is 10.4. The summed E-state index contributed by atoms with van der Waals surface area (Å²) in [6.07, 6.45) is 0. The Morgan fingerprint density at radius 3 is 1.93 bits per heavy atom. The summed E-state index contributed by atoms with van der Waals surface area (Å²) in [5.74, 6) is 0.210. The van der Waals surface area contributed by atoms with Gasteiger partial charge in [-0.1, -0.05) is 27.7 Å². The summed E-state index contributed by atoms with van der Waals surface area (Å²) in [6, 6.07) is -0.0833. The molecule has 14 heavy (non-hydrogen) atoms. The molecule has 1 unspecified atom stereocenters. The highest BCUT2D eigenvalue weighted by Crippen LogP contribution is 2.29. The summed E-state index contributed by atoms with van der Waals surface area (Å²) < 4.78 is 5.22. The molecular formula is C11H23NO2. The molecule has 1 saturated heterocycles. The molecule has 0 aromatic heterocycles. The predicted octanol–water partition coefficient (Wildman–Crippen LogP) is 2.26. The Morgan fingerprint density at radius 1 is 1.36 bits per heavy atom. The fraction of sp³-hybridized carbons (Fsp3) is 0.909. The first-order valence-corrected chi connectivity index (χ1v) is 5.32. The molecular weight excluding hydrogens is 178 g/mol. The minimum Gasteiger partial charge on any atom is -0.443 e. The van der Waals surface area contributed by atoms with E-state index in [1.54, 1.807) is 0 Å². The molecule has 0 amide bonds. The molecule has 0 aliphatic carbocycles. The first-order chi connectivity index (χ1) is 6.36. The largest absolute Gasteiger partial charge is 0.443 e. The van der Waals surface area contributed by atoms with Crippen molar-refractivity contribution in [2.75, 3.05) is 7.05 Å². The third-order valence-electron chi connectivity index (χ3n) is 2.49. The van der Waals surface area contributed by atoms with Crippen molar-refractivity contribution in [2.45, 2.75) is 53.3 Å². The summed E-state index contributed by atoms with van der Waals surface area (Å²) in [5, 5.41) is 0. The summed E-state index contributed by atoms with van der Waals surface area (Å²) in [7, 11) is 1.93. The quantitative estimate of drug-likeness (QED) is 0.609. The zero-order chi connectivity index (χ0) is 11.5. The van der Waals surface area contributed by atoms with Gasteiger partial charge in [-0.3, -0.25) is 9.69 Å². The fourth-order valence-corrected chi connectivity index (χ4v) is 1.59. The van der Waals surface area contributed by atoms with E-state index >= 15 is 0 Å². The molecule has 1 heterocycles. The number of carbonyl (C=O) groups excluding carboxylic acids is 1. The van der Waals surface area contributed by atoms with Crippen LogP contribution in [-0.2, 0) is 9.53 Å². The molecule has 0 N–H and O–H groups in total. The van der Waals surface area contributed by atoms with Crippen molar-refractivity contribution in [2.24, 2.45) is 5.92 Å². The summed E-state index contributed by atoms with van der Waals surface area (Å²) in [5.41, 5.74) is -0.438. The first-order valence-electron chi connectivity index (χ1n) is 5.32. The average molecular weight is 201 g/mol. The number of ether oxygens (including phenoxy) is 1. The minimum absolute atomic E-state index is 0.0833. The van der Waals surface area contributed by atoms with Gasteiger partial charge in [0.2, 0.25) is 0 Å². The Balaban J connectivity index is 0.000000791. The number of hydrogen-bond acceptors (Lipinski definition) is 3. The van der Waals surface area contributed by atoms with Gasteiger partial charge in [0.15, 0.2) is 5.72 Å². The molecule has 1 atom stereocenters. The fourth-order valence-electron chi connectivity index (χ4n) is 1.59. The molecule has 1 rings (SSSR count). The maximum atomic E-state index is 11.4. The van der Waals surface area contributed by atoms with Gasteiger partial charge in [-0.05, 0) is 26.8 Å². The second-order valence-electron chi connectivity index (χ2n) is 4.17. The number of rotatable bonds is 1. The Labute approximate surface area is 87.4 Å². The van der Waals surface area contributed by atoms with Crippen molar-refractivity contribution in [1.29, 1.82) is 0 Å². The zero-order valence-corrected chi connectivity index (χ0v) is 10.4. The Bertz CT molecular complexity index is 199. The number of esters is 1. The Morgan fingerprint density at radius 2 is 1.79 bits per heavy atom. The lowest BCUT2D eigenvalue weighted by molar-refractivity contribution is -0.149. The minimum atomic E-state index is -0.438. The lowest BCUT2D eigenvalue weighted by atomic mass is 10.0. The topological polar surface area (TPSA) is 29.5 Å². The number of hydrogen-bond donors (Lipinski definition) is 0. The Kier molecular flexibility index (Phi) is 4.59. The first kappa shape index (κ1) is 13.4. The summed E-state index contributed by atoms with van der Waals surface area (Å²) >= 11 is 0. The third-order valence-corrected chi connectivity index (χ3v) is 2.49. The van der Waals surface area contributed by atoms with Crippen LogP contribution in [0.25, 0.3) is 0 Å². The van der Waals surface area contributed by atoms with Crippen molar-refractivity contribution in [1.82, 2.24) is 4.90 Å². The van der Waals surface area contributed by atoms with Gasteiger partial charge in [-0.2, -0.15) is 0 Å². The number of likely N-dealkylation sites (N-methyl/N-ethyl adjacent to an activating group) is 1. The molecule has 0 aromatic rings. The van der Waals surface area contributed by atoms with Crippen molar-refractivity contribution in [3.05, 3.63) is 0 Å². The monoisotopic (exact) mass is 201 g/mol. The highest BCUT2D eigenvalue weighted by Gasteiger charge is 2.46. The molecule has 0 radical (unpaired) electrons. The molecule has 3 heteroatoms. The molecule has 0 aromatic carbocycles. The standard InChI is InChI=1S/C9H17NO2.C2H6/c1-6(2)7-8(11)12-9(3,4)10(7)5;1-2/h6-7H,1-5H3;1-2H3.